The molecule has 2 aromatic rings. The zero-order valence-corrected chi connectivity index (χ0v) is 9.54. The molecule has 1 aromatic carbocycles. The van der Waals surface area contributed by atoms with Crippen LogP contribution in [0, 0.1) is 15.9 Å². The van der Waals surface area contributed by atoms with Crippen LogP contribution < -0.4 is 5.32 Å². The van der Waals surface area contributed by atoms with E-state index >= 15 is 0 Å². The van der Waals surface area contributed by atoms with Gasteiger partial charge in [0.05, 0.1) is 10.6 Å². The number of amides is 1. The number of nitro groups is 1. The van der Waals surface area contributed by atoms with Gasteiger partial charge < -0.3 is 5.32 Å². The number of nitrogens with one attached hydrogen (secondary N) is 1. The molecular weight excluding hydrogens is 253 g/mol. The Labute approximate surface area is 107 Å². The molecule has 6 nitrogen and oxygen atoms in total. The maximum Gasteiger partial charge on any atom is 0.271 e. The number of hydrogen-bond acceptors (Lipinski definition) is 4. The van der Waals surface area contributed by atoms with E-state index in [1.165, 1.54) is 24.5 Å². The molecule has 19 heavy (non-hydrogen) atoms. The van der Waals surface area contributed by atoms with E-state index in [4.69, 9.17) is 0 Å². The fourth-order valence-electron chi connectivity index (χ4n) is 1.42. The largest absolute Gasteiger partial charge is 0.319 e. The van der Waals surface area contributed by atoms with E-state index in [2.05, 4.69) is 10.3 Å². The van der Waals surface area contributed by atoms with Crippen LogP contribution in [0.1, 0.15) is 10.4 Å². The van der Waals surface area contributed by atoms with Crippen LogP contribution in [0.25, 0.3) is 0 Å². The normalized spacial score (nSPS) is 9.95. The quantitative estimate of drug-likeness (QED) is 0.679. The molecule has 1 N–H and O–H groups in total. The molecule has 1 amide bonds. The summed E-state index contributed by atoms with van der Waals surface area (Å²) in [6.07, 6.45) is 2.83. The number of rotatable bonds is 3. The smallest absolute Gasteiger partial charge is 0.271 e. The highest BCUT2D eigenvalue weighted by Crippen LogP contribution is 2.21. The summed E-state index contributed by atoms with van der Waals surface area (Å²) in [6.45, 7) is 0. The molecule has 0 unspecified atom stereocenters. The molecule has 7 heteroatoms. The molecule has 1 aromatic heterocycles. The lowest BCUT2D eigenvalue weighted by atomic mass is 10.2. The van der Waals surface area contributed by atoms with Crippen molar-refractivity contribution in [2.24, 2.45) is 0 Å². The molecule has 0 saturated carbocycles. The second-order valence-corrected chi connectivity index (χ2v) is 3.61. The number of aromatic nitrogens is 1. The van der Waals surface area contributed by atoms with Crippen LogP contribution in [0.2, 0.25) is 0 Å². The fourth-order valence-corrected chi connectivity index (χ4v) is 1.42. The fraction of sp³-hybridized carbons (Fsp3) is 0. The Morgan fingerprint density at radius 1 is 1.26 bits per heavy atom. The number of non-ortho nitro benzene ring substituents is 1. The summed E-state index contributed by atoms with van der Waals surface area (Å²) in [6, 6.07) is 5.82. The highest BCUT2D eigenvalue weighted by molar-refractivity contribution is 6.04. The van der Waals surface area contributed by atoms with Gasteiger partial charge >= 0.3 is 0 Å². The summed E-state index contributed by atoms with van der Waals surface area (Å²) < 4.78 is 13.5. The maximum absolute atomic E-state index is 13.5. The number of hydrogen-bond donors (Lipinski definition) is 1. The lowest BCUT2D eigenvalue weighted by Crippen LogP contribution is -2.13. The summed E-state index contributed by atoms with van der Waals surface area (Å²) in [5, 5.41) is 12.9. The van der Waals surface area contributed by atoms with Gasteiger partial charge in [-0.1, -0.05) is 0 Å². The summed E-state index contributed by atoms with van der Waals surface area (Å²) in [7, 11) is 0. The minimum absolute atomic E-state index is 0.240. The number of carbonyl (C=O) groups excluding carboxylic acids is 1. The first-order chi connectivity index (χ1) is 9.08. The van der Waals surface area contributed by atoms with Crippen molar-refractivity contribution in [1.29, 1.82) is 0 Å². The van der Waals surface area contributed by atoms with Crippen LogP contribution >= 0.6 is 0 Å². The van der Waals surface area contributed by atoms with Crippen LogP contribution in [-0.2, 0) is 0 Å². The topological polar surface area (TPSA) is 85.1 Å². The number of nitrogens with zero attached hydrogens (tertiary/aromatic N) is 2. The van der Waals surface area contributed by atoms with E-state index < -0.39 is 16.6 Å². The van der Waals surface area contributed by atoms with E-state index in [1.54, 1.807) is 0 Å². The third kappa shape index (κ3) is 2.89. The summed E-state index contributed by atoms with van der Waals surface area (Å²) >= 11 is 0. The zero-order valence-electron chi connectivity index (χ0n) is 9.54. The number of benzene rings is 1. The van der Waals surface area contributed by atoms with E-state index in [-0.39, 0.29) is 16.9 Å². The summed E-state index contributed by atoms with van der Waals surface area (Å²) in [5.74, 6) is -1.31. The van der Waals surface area contributed by atoms with Gasteiger partial charge in [0.1, 0.15) is 5.82 Å². The van der Waals surface area contributed by atoms with E-state index in [1.807, 2.05) is 0 Å². The van der Waals surface area contributed by atoms with Crippen molar-refractivity contribution in [3.8, 4) is 0 Å². The molecule has 2 rings (SSSR count). The monoisotopic (exact) mass is 261 g/mol. The average molecular weight is 261 g/mol. The van der Waals surface area contributed by atoms with Crippen LogP contribution in [0.15, 0.2) is 42.7 Å². The van der Waals surface area contributed by atoms with Gasteiger partial charge in [0.25, 0.3) is 11.6 Å². The molecule has 1 heterocycles. The van der Waals surface area contributed by atoms with Gasteiger partial charge in [-0.25, -0.2) is 4.39 Å². The first-order valence-electron chi connectivity index (χ1n) is 5.23. The van der Waals surface area contributed by atoms with Crippen molar-refractivity contribution in [1.82, 2.24) is 4.98 Å². The molecule has 0 bridgehead atoms. The Hall–Kier alpha value is -2.83. The van der Waals surface area contributed by atoms with Gasteiger partial charge in [0, 0.05) is 30.1 Å². The maximum atomic E-state index is 13.5. The first kappa shape index (κ1) is 12.6. The molecule has 0 spiro atoms. The van der Waals surface area contributed by atoms with Crippen LogP contribution in [0.5, 0.6) is 0 Å². The van der Waals surface area contributed by atoms with E-state index in [0.29, 0.717) is 0 Å². The number of halogens is 1. The van der Waals surface area contributed by atoms with Crippen LogP contribution in [-0.4, -0.2) is 15.8 Å². The van der Waals surface area contributed by atoms with Gasteiger partial charge in [0.2, 0.25) is 0 Å². The van der Waals surface area contributed by atoms with Gasteiger partial charge in [-0.05, 0) is 18.2 Å². The Bertz CT molecular complexity index is 631. The van der Waals surface area contributed by atoms with Crippen LogP contribution in [0.4, 0.5) is 15.8 Å². The van der Waals surface area contributed by atoms with Gasteiger partial charge in [-0.15, -0.1) is 0 Å². The standard InChI is InChI=1S/C12H8FN3O3/c13-10-2-1-9(16(18)19)7-11(10)15-12(17)8-3-5-14-6-4-8/h1-7H,(H,15,17). The Balaban J connectivity index is 2.26. The minimum Gasteiger partial charge on any atom is -0.319 e. The Morgan fingerprint density at radius 2 is 1.95 bits per heavy atom. The predicted octanol–water partition coefficient (Wildman–Crippen LogP) is 2.38. The number of pyridine rings is 1. The van der Waals surface area contributed by atoms with E-state index in [9.17, 15) is 19.3 Å². The third-order valence-electron chi connectivity index (χ3n) is 2.35. The number of nitro benzene ring substituents is 1. The molecule has 0 aliphatic rings. The second-order valence-electron chi connectivity index (χ2n) is 3.61. The van der Waals surface area contributed by atoms with Crippen molar-refractivity contribution in [3.05, 3.63) is 64.2 Å². The molecule has 0 atom stereocenters. The molecule has 0 saturated heterocycles. The van der Waals surface area contributed by atoms with Gasteiger partial charge in [-0.2, -0.15) is 0 Å². The van der Waals surface area contributed by atoms with Gasteiger partial charge in [0.15, 0.2) is 0 Å². The first-order valence-corrected chi connectivity index (χ1v) is 5.23. The molecular formula is C12H8FN3O3. The summed E-state index contributed by atoms with van der Waals surface area (Å²) in [4.78, 5) is 25.4. The Morgan fingerprint density at radius 3 is 2.58 bits per heavy atom. The van der Waals surface area contributed by atoms with Crippen molar-refractivity contribution >= 4 is 17.3 Å². The predicted molar refractivity (Wildman–Crippen MR) is 65.2 cm³/mol. The minimum atomic E-state index is -0.743. The highest BCUT2D eigenvalue weighted by atomic mass is 19.1. The third-order valence-corrected chi connectivity index (χ3v) is 2.35. The van der Waals surface area contributed by atoms with Crippen molar-refractivity contribution in [3.63, 3.8) is 0 Å². The number of anilines is 1. The SMILES string of the molecule is O=C(Nc1cc([N+](=O)[O-])ccc1F)c1ccncc1. The average Bonchev–Trinajstić information content (AvgIpc) is 2.42. The lowest BCUT2D eigenvalue weighted by molar-refractivity contribution is -0.384. The molecule has 0 aliphatic heterocycles. The van der Waals surface area contributed by atoms with E-state index in [0.717, 1.165) is 18.2 Å². The molecule has 96 valence electrons. The van der Waals surface area contributed by atoms with Crippen molar-refractivity contribution in [2.75, 3.05) is 5.32 Å². The zero-order chi connectivity index (χ0) is 13.8. The van der Waals surface area contributed by atoms with Crippen molar-refractivity contribution < 1.29 is 14.1 Å². The lowest BCUT2D eigenvalue weighted by Gasteiger charge is -2.06. The summed E-state index contributed by atoms with van der Waals surface area (Å²) in [5.41, 5.74) is -0.261. The highest BCUT2D eigenvalue weighted by Gasteiger charge is 2.13. The van der Waals surface area contributed by atoms with Crippen LogP contribution in [0.3, 0.4) is 0 Å². The Kier molecular flexibility index (Phi) is 3.46. The van der Waals surface area contributed by atoms with Crippen molar-refractivity contribution in [2.45, 2.75) is 0 Å². The number of carbonyl (C=O) groups is 1. The van der Waals surface area contributed by atoms with Gasteiger partial charge in [-0.3, -0.25) is 19.9 Å². The molecule has 0 aliphatic carbocycles. The molecule has 0 fully saturated rings. The second kappa shape index (κ2) is 5.21. The molecule has 0 radical (unpaired) electrons.